The first-order valence-corrected chi connectivity index (χ1v) is 4.91. The van der Waals surface area contributed by atoms with Crippen LogP contribution in [0.3, 0.4) is 0 Å². The molecule has 12 heavy (non-hydrogen) atoms. The first kappa shape index (κ1) is 8.93. The molecule has 1 N–H and O–H groups in total. The molecule has 0 bridgehead atoms. The highest BCUT2D eigenvalue weighted by Crippen LogP contribution is 2.14. The standard InChI is InChI=1S/C8H10O3Si/c1-7(11-12(9)10)8-5-3-2-4-6-8/h2-7,9H,1H3. The van der Waals surface area contributed by atoms with Crippen LogP contribution in [0, 0.1) is 0 Å². The summed E-state index contributed by atoms with van der Waals surface area (Å²) in [5.41, 5.74) is 0.907. The Hall–Kier alpha value is -1.16. The highest BCUT2D eigenvalue weighted by molar-refractivity contribution is 6.24. The minimum Gasteiger partial charge on any atom is -0.511 e. The van der Waals surface area contributed by atoms with Gasteiger partial charge in [0.15, 0.2) is 0 Å². The molecule has 1 atom stereocenters. The number of benzene rings is 1. The van der Waals surface area contributed by atoms with Crippen LogP contribution >= 0.6 is 0 Å². The van der Waals surface area contributed by atoms with E-state index in [1.54, 1.807) is 6.92 Å². The predicted octanol–water partition coefficient (Wildman–Crippen LogP) is 1.17. The zero-order valence-corrected chi connectivity index (χ0v) is 7.73. The van der Waals surface area contributed by atoms with E-state index in [-0.39, 0.29) is 6.10 Å². The third kappa shape index (κ3) is 2.47. The molecule has 0 spiro atoms. The summed E-state index contributed by atoms with van der Waals surface area (Å²) in [6.07, 6.45) is -0.317. The van der Waals surface area contributed by atoms with Gasteiger partial charge in [-0.3, -0.25) is 4.46 Å². The molecule has 1 aromatic carbocycles. The maximum absolute atomic E-state index is 10.3. The SMILES string of the molecule is CC(O[Si](=O)O)c1ccccc1. The third-order valence-electron chi connectivity index (χ3n) is 1.55. The van der Waals surface area contributed by atoms with Gasteiger partial charge in [-0.25, -0.2) is 0 Å². The van der Waals surface area contributed by atoms with Gasteiger partial charge >= 0.3 is 9.17 Å². The highest BCUT2D eigenvalue weighted by Gasteiger charge is 2.11. The maximum Gasteiger partial charge on any atom is 0.765 e. The smallest absolute Gasteiger partial charge is 0.511 e. The third-order valence-corrected chi connectivity index (χ3v) is 2.10. The van der Waals surface area contributed by atoms with Gasteiger partial charge in [0.1, 0.15) is 6.10 Å². The lowest BCUT2D eigenvalue weighted by atomic mass is 10.1. The largest absolute Gasteiger partial charge is 0.765 e. The molecule has 0 radical (unpaired) electrons. The second-order valence-corrected chi connectivity index (χ2v) is 3.20. The van der Waals surface area contributed by atoms with Gasteiger partial charge in [-0.2, -0.15) is 0 Å². The van der Waals surface area contributed by atoms with Crippen LogP contribution in [0.2, 0.25) is 0 Å². The molecule has 0 fully saturated rings. The molecule has 0 heterocycles. The number of rotatable bonds is 3. The first-order chi connectivity index (χ1) is 5.70. The zero-order chi connectivity index (χ0) is 8.97. The first-order valence-electron chi connectivity index (χ1n) is 3.64. The van der Waals surface area contributed by atoms with Crippen molar-refractivity contribution >= 4 is 9.17 Å². The van der Waals surface area contributed by atoms with Gasteiger partial charge < -0.3 is 9.22 Å². The molecule has 0 aliphatic rings. The fourth-order valence-electron chi connectivity index (χ4n) is 0.943. The van der Waals surface area contributed by atoms with Crippen molar-refractivity contribution in [2.45, 2.75) is 13.0 Å². The Bertz CT molecular complexity index is 260. The minimum absolute atomic E-state index is 0.317. The molecule has 4 heteroatoms. The molecule has 3 nitrogen and oxygen atoms in total. The van der Waals surface area contributed by atoms with Gasteiger partial charge in [-0.05, 0) is 12.5 Å². The Morgan fingerprint density at radius 2 is 2.00 bits per heavy atom. The minimum atomic E-state index is -2.83. The van der Waals surface area contributed by atoms with E-state index in [2.05, 4.69) is 0 Å². The summed E-state index contributed by atoms with van der Waals surface area (Å²) in [5, 5.41) is 0. The molecule has 0 saturated heterocycles. The summed E-state index contributed by atoms with van der Waals surface area (Å²) in [6, 6.07) is 9.33. The quantitative estimate of drug-likeness (QED) is 0.714. The Balaban J connectivity index is 2.65. The molecule has 1 aromatic rings. The molecule has 0 amide bonds. The fraction of sp³-hybridized carbons (Fsp3) is 0.250. The van der Waals surface area contributed by atoms with Gasteiger partial charge in [-0.15, -0.1) is 0 Å². The van der Waals surface area contributed by atoms with E-state index < -0.39 is 9.17 Å². The predicted molar refractivity (Wildman–Crippen MR) is 44.6 cm³/mol. The molecular formula is C8H10O3Si. The van der Waals surface area contributed by atoms with E-state index in [1.807, 2.05) is 30.3 Å². The Kier molecular flexibility index (Phi) is 2.99. The second kappa shape index (κ2) is 4.01. The Morgan fingerprint density at radius 3 is 2.50 bits per heavy atom. The summed E-state index contributed by atoms with van der Waals surface area (Å²) < 4.78 is 15.1. The van der Waals surface area contributed by atoms with Crippen LogP contribution in [0.4, 0.5) is 0 Å². The summed E-state index contributed by atoms with van der Waals surface area (Å²) in [6.45, 7) is 1.74. The normalized spacial score (nSPS) is 12.1. The van der Waals surface area contributed by atoms with Crippen LogP contribution in [0.15, 0.2) is 30.3 Å². The highest BCUT2D eigenvalue weighted by atomic mass is 28.3. The molecule has 64 valence electrons. The van der Waals surface area contributed by atoms with Crippen molar-refractivity contribution in [2.24, 2.45) is 0 Å². The van der Waals surface area contributed by atoms with E-state index >= 15 is 0 Å². The second-order valence-electron chi connectivity index (χ2n) is 2.44. The van der Waals surface area contributed by atoms with Crippen molar-refractivity contribution in [2.75, 3.05) is 0 Å². The monoisotopic (exact) mass is 182 g/mol. The van der Waals surface area contributed by atoms with Gasteiger partial charge in [0.2, 0.25) is 0 Å². The summed E-state index contributed by atoms with van der Waals surface area (Å²) in [4.78, 5) is 8.51. The number of hydrogen-bond donors (Lipinski definition) is 1. The van der Waals surface area contributed by atoms with E-state index in [1.165, 1.54) is 0 Å². The van der Waals surface area contributed by atoms with Crippen molar-refractivity contribution in [3.8, 4) is 0 Å². The number of hydrogen-bond acceptors (Lipinski definition) is 2. The fourth-order valence-corrected chi connectivity index (χ4v) is 1.38. The lowest BCUT2D eigenvalue weighted by Crippen LogP contribution is -2.09. The Morgan fingerprint density at radius 1 is 1.42 bits per heavy atom. The topological polar surface area (TPSA) is 46.5 Å². The van der Waals surface area contributed by atoms with Gasteiger partial charge in [0.05, 0.1) is 0 Å². The van der Waals surface area contributed by atoms with E-state index in [9.17, 15) is 4.46 Å². The average molecular weight is 182 g/mol. The molecule has 0 aromatic heterocycles. The lowest BCUT2D eigenvalue weighted by Gasteiger charge is -2.10. The van der Waals surface area contributed by atoms with Crippen molar-refractivity contribution in [1.82, 2.24) is 0 Å². The van der Waals surface area contributed by atoms with E-state index in [4.69, 9.17) is 9.22 Å². The summed E-state index contributed by atoms with van der Waals surface area (Å²) in [7, 11) is -2.83. The van der Waals surface area contributed by atoms with Crippen LogP contribution in [-0.4, -0.2) is 14.0 Å². The van der Waals surface area contributed by atoms with Crippen molar-refractivity contribution in [3.05, 3.63) is 35.9 Å². The van der Waals surface area contributed by atoms with Gasteiger partial charge in [0.25, 0.3) is 0 Å². The van der Waals surface area contributed by atoms with E-state index in [0.29, 0.717) is 0 Å². The molecule has 0 aliphatic carbocycles. The van der Waals surface area contributed by atoms with Crippen molar-refractivity contribution in [3.63, 3.8) is 0 Å². The van der Waals surface area contributed by atoms with Crippen molar-refractivity contribution in [1.29, 1.82) is 0 Å². The Labute approximate surface area is 72.5 Å². The average Bonchev–Trinajstić information content (AvgIpc) is 2.05. The van der Waals surface area contributed by atoms with Crippen LogP contribution in [-0.2, 0) is 8.89 Å². The zero-order valence-electron chi connectivity index (χ0n) is 6.73. The van der Waals surface area contributed by atoms with Gasteiger partial charge in [-0.1, -0.05) is 30.3 Å². The maximum atomic E-state index is 10.3. The van der Waals surface area contributed by atoms with Gasteiger partial charge in [0, 0.05) is 0 Å². The molecule has 0 saturated carbocycles. The van der Waals surface area contributed by atoms with Crippen LogP contribution in [0.5, 0.6) is 0 Å². The van der Waals surface area contributed by atoms with E-state index in [0.717, 1.165) is 5.56 Å². The van der Waals surface area contributed by atoms with Crippen LogP contribution in [0.25, 0.3) is 0 Å². The molecule has 0 aliphatic heterocycles. The molecule has 1 rings (SSSR count). The molecular weight excluding hydrogens is 172 g/mol. The van der Waals surface area contributed by atoms with Crippen molar-refractivity contribution < 1.29 is 13.7 Å². The summed E-state index contributed by atoms with van der Waals surface area (Å²) >= 11 is 0. The van der Waals surface area contributed by atoms with Crippen LogP contribution in [0.1, 0.15) is 18.6 Å². The lowest BCUT2D eigenvalue weighted by molar-refractivity contribution is 0.162. The van der Waals surface area contributed by atoms with Crippen LogP contribution < -0.4 is 0 Å². The summed E-state index contributed by atoms with van der Waals surface area (Å²) in [5.74, 6) is 0. The molecule has 1 unspecified atom stereocenters.